The second-order valence-corrected chi connectivity index (χ2v) is 7.65. The van der Waals surface area contributed by atoms with E-state index in [9.17, 15) is 4.79 Å². The van der Waals surface area contributed by atoms with Crippen molar-refractivity contribution in [3.63, 3.8) is 0 Å². The molecule has 1 atom stereocenters. The molecule has 6 nitrogen and oxygen atoms in total. The number of rotatable bonds is 3. The SMILES string of the molecule is Cc1nc(N)c2c(C)c(C(=O)NCC3Cc4ccccc4CN3)sc2n1. The first kappa shape index (κ1) is 16.9. The minimum Gasteiger partial charge on any atom is -0.383 e. The zero-order valence-corrected chi connectivity index (χ0v) is 15.6. The zero-order valence-electron chi connectivity index (χ0n) is 14.8. The number of hydrogen-bond acceptors (Lipinski definition) is 6. The normalized spacial score (nSPS) is 16.5. The van der Waals surface area contributed by atoms with Gasteiger partial charge in [-0.25, -0.2) is 9.97 Å². The molecule has 1 aromatic carbocycles. The van der Waals surface area contributed by atoms with E-state index >= 15 is 0 Å². The zero-order chi connectivity index (χ0) is 18.3. The van der Waals surface area contributed by atoms with E-state index in [1.54, 1.807) is 6.92 Å². The number of anilines is 1. The third-order valence-electron chi connectivity index (χ3n) is 4.81. The molecule has 0 saturated carbocycles. The minimum atomic E-state index is -0.0804. The Morgan fingerprint density at radius 3 is 2.88 bits per heavy atom. The van der Waals surface area contributed by atoms with Crippen LogP contribution < -0.4 is 16.4 Å². The molecule has 4 N–H and O–H groups in total. The Balaban J connectivity index is 1.48. The lowest BCUT2D eigenvalue weighted by atomic mass is 9.96. The van der Waals surface area contributed by atoms with Gasteiger partial charge < -0.3 is 16.4 Å². The lowest BCUT2D eigenvalue weighted by Gasteiger charge is -2.26. The number of hydrogen-bond donors (Lipinski definition) is 3. The summed E-state index contributed by atoms with van der Waals surface area (Å²) in [5, 5.41) is 7.33. The van der Waals surface area contributed by atoms with E-state index in [1.165, 1.54) is 22.5 Å². The van der Waals surface area contributed by atoms with Crippen molar-refractivity contribution in [2.75, 3.05) is 12.3 Å². The van der Waals surface area contributed by atoms with Gasteiger partial charge in [-0.05, 0) is 37.0 Å². The van der Waals surface area contributed by atoms with Gasteiger partial charge >= 0.3 is 0 Å². The number of carbonyl (C=O) groups is 1. The molecule has 0 fully saturated rings. The maximum atomic E-state index is 12.7. The van der Waals surface area contributed by atoms with Crippen molar-refractivity contribution >= 4 is 33.3 Å². The Morgan fingerprint density at radius 1 is 1.31 bits per heavy atom. The monoisotopic (exact) mass is 367 g/mol. The summed E-state index contributed by atoms with van der Waals surface area (Å²) in [5.41, 5.74) is 9.55. The smallest absolute Gasteiger partial charge is 0.261 e. The number of nitrogens with one attached hydrogen (secondary N) is 2. The molecule has 0 aliphatic carbocycles. The number of thiophene rings is 1. The standard InChI is InChI=1S/C19H21N5OS/c1-10-15-17(20)23-11(2)24-19(15)26-16(10)18(25)22-9-14-7-12-5-3-4-6-13(12)8-21-14/h3-6,14,21H,7-9H2,1-2H3,(H,22,25)(H2,20,23,24). The van der Waals surface area contributed by atoms with Gasteiger partial charge in [0, 0.05) is 19.1 Å². The Morgan fingerprint density at radius 2 is 2.08 bits per heavy atom. The predicted octanol–water partition coefficient (Wildman–Crippen LogP) is 2.33. The van der Waals surface area contributed by atoms with Crippen molar-refractivity contribution in [3.8, 4) is 0 Å². The summed E-state index contributed by atoms with van der Waals surface area (Å²) in [6.45, 7) is 5.13. The van der Waals surface area contributed by atoms with E-state index in [2.05, 4.69) is 44.9 Å². The third kappa shape index (κ3) is 3.04. The van der Waals surface area contributed by atoms with Gasteiger partial charge in [0.05, 0.1) is 10.3 Å². The van der Waals surface area contributed by atoms with Gasteiger partial charge in [0.2, 0.25) is 0 Å². The van der Waals surface area contributed by atoms with E-state index in [-0.39, 0.29) is 11.9 Å². The van der Waals surface area contributed by atoms with E-state index in [4.69, 9.17) is 5.73 Å². The Hall–Kier alpha value is -2.51. The van der Waals surface area contributed by atoms with Gasteiger partial charge in [0.15, 0.2) is 0 Å². The molecule has 26 heavy (non-hydrogen) atoms. The predicted molar refractivity (Wildman–Crippen MR) is 104 cm³/mol. The number of aryl methyl sites for hydroxylation is 2. The van der Waals surface area contributed by atoms with Gasteiger partial charge in [-0.2, -0.15) is 0 Å². The van der Waals surface area contributed by atoms with Crippen molar-refractivity contribution in [3.05, 3.63) is 51.7 Å². The summed E-state index contributed by atoms with van der Waals surface area (Å²) in [7, 11) is 0. The Bertz CT molecular complexity index is 997. The van der Waals surface area contributed by atoms with Gasteiger partial charge in [0.25, 0.3) is 5.91 Å². The topological polar surface area (TPSA) is 92.9 Å². The van der Waals surface area contributed by atoms with Crippen LogP contribution in [0.1, 0.15) is 32.2 Å². The quantitative estimate of drug-likeness (QED) is 0.661. The molecule has 0 spiro atoms. The van der Waals surface area contributed by atoms with Gasteiger partial charge in [0.1, 0.15) is 16.5 Å². The average molecular weight is 367 g/mol. The maximum absolute atomic E-state index is 12.7. The van der Waals surface area contributed by atoms with Crippen LogP contribution in [0.4, 0.5) is 5.82 Å². The molecule has 1 aliphatic rings. The molecule has 4 rings (SSSR count). The van der Waals surface area contributed by atoms with Crippen molar-refractivity contribution in [1.29, 1.82) is 0 Å². The summed E-state index contributed by atoms with van der Waals surface area (Å²) in [5.74, 6) is 0.974. The summed E-state index contributed by atoms with van der Waals surface area (Å²) in [6, 6.07) is 8.66. The largest absolute Gasteiger partial charge is 0.383 e. The van der Waals surface area contributed by atoms with Crippen molar-refractivity contribution < 1.29 is 4.79 Å². The van der Waals surface area contributed by atoms with Gasteiger partial charge in [-0.1, -0.05) is 24.3 Å². The lowest BCUT2D eigenvalue weighted by Crippen LogP contribution is -2.44. The van der Waals surface area contributed by atoms with Crippen molar-refractivity contribution in [2.45, 2.75) is 32.9 Å². The highest BCUT2D eigenvalue weighted by Gasteiger charge is 2.21. The number of fused-ring (bicyclic) bond motifs is 2. The average Bonchev–Trinajstić information content (AvgIpc) is 2.96. The molecule has 1 amide bonds. The van der Waals surface area contributed by atoms with Crippen LogP contribution in [0.5, 0.6) is 0 Å². The van der Waals surface area contributed by atoms with E-state index in [1.807, 2.05) is 6.92 Å². The first-order chi connectivity index (χ1) is 12.5. The highest BCUT2D eigenvalue weighted by atomic mass is 32.1. The van der Waals surface area contributed by atoms with Crippen LogP contribution in [-0.4, -0.2) is 28.5 Å². The number of amides is 1. The molecule has 1 aliphatic heterocycles. The van der Waals surface area contributed by atoms with Crippen LogP contribution in [-0.2, 0) is 13.0 Å². The van der Waals surface area contributed by atoms with E-state index < -0.39 is 0 Å². The van der Waals surface area contributed by atoms with Gasteiger partial charge in [-0.15, -0.1) is 11.3 Å². The second kappa shape index (κ2) is 6.66. The highest BCUT2D eigenvalue weighted by molar-refractivity contribution is 7.20. The fourth-order valence-electron chi connectivity index (χ4n) is 3.46. The molecule has 0 radical (unpaired) electrons. The molecule has 3 heterocycles. The maximum Gasteiger partial charge on any atom is 0.261 e. The molecular formula is C19H21N5OS. The van der Waals surface area contributed by atoms with Crippen LogP contribution in [0.3, 0.4) is 0 Å². The summed E-state index contributed by atoms with van der Waals surface area (Å²) >= 11 is 1.37. The number of benzene rings is 1. The summed E-state index contributed by atoms with van der Waals surface area (Å²) < 4.78 is 0. The first-order valence-electron chi connectivity index (χ1n) is 8.64. The molecule has 7 heteroatoms. The molecule has 1 unspecified atom stereocenters. The van der Waals surface area contributed by atoms with Crippen LogP contribution in [0.2, 0.25) is 0 Å². The molecule has 2 aromatic heterocycles. The Labute approximate surface area is 155 Å². The fraction of sp³-hybridized carbons (Fsp3) is 0.316. The highest BCUT2D eigenvalue weighted by Crippen LogP contribution is 2.32. The molecule has 0 bridgehead atoms. The number of nitrogens with two attached hydrogens (primary N) is 1. The van der Waals surface area contributed by atoms with Gasteiger partial charge in [-0.3, -0.25) is 4.79 Å². The summed E-state index contributed by atoms with van der Waals surface area (Å²) in [4.78, 5) is 22.7. The third-order valence-corrected chi connectivity index (χ3v) is 6.00. The van der Waals surface area contributed by atoms with E-state index in [0.717, 1.165) is 28.7 Å². The lowest BCUT2D eigenvalue weighted by molar-refractivity contribution is 0.0952. The van der Waals surface area contributed by atoms with Crippen LogP contribution >= 0.6 is 11.3 Å². The van der Waals surface area contributed by atoms with Crippen LogP contribution in [0.25, 0.3) is 10.2 Å². The Kier molecular flexibility index (Phi) is 4.34. The number of nitrogen functional groups attached to an aromatic ring is 1. The molecule has 134 valence electrons. The number of aromatic nitrogens is 2. The molecular weight excluding hydrogens is 346 g/mol. The number of nitrogens with zero attached hydrogens (tertiary/aromatic N) is 2. The fourth-order valence-corrected chi connectivity index (χ4v) is 4.61. The second-order valence-electron chi connectivity index (χ2n) is 6.65. The minimum absolute atomic E-state index is 0.0804. The van der Waals surface area contributed by atoms with Crippen molar-refractivity contribution in [2.24, 2.45) is 0 Å². The number of carbonyl (C=O) groups excluding carboxylic acids is 1. The first-order valence-corrected chi connectivity index (χ1v) is 9.46. The van der Waals surface area contributed by atoms with Crippen LogP contribution in [0, 0.1) is 13.8 Å². The molecule has 3 aromatic rings. The summed E-state index contributed by atoms with van der Waals surface area (Å²) in [6.07, 6.45) is 0.916. The molecule has 0 saturated heterocycles. The van der Waals surface area contributed by atoms with E-state index in [0.29, 0.717) is 23.1 Å². The van der Waals surface area contributed by atoms with Crippen LogP contribution in [0.15, 0.2) is 24.3 Å². The van der Waals surface area contributed by atoms with Crippen molar-refractivity contribution in [1.82, 2.24) is 20.6 Å².